The van der Waals surface area contributed by atoms with Crippen LogP contribution in [0.3, 0.4) is 0 Å². The van der Waals surface area contributed by atoms with E-state index in [0.29, 0.717) is 17.9 Å². The molecule has 0 saturated carbocycles. The zero-order valence-corrected chi connectivity index (χ0v) is 18.1. The number of rotatable bonds is 6. The van der Waals surface area contributed by atoms with Crippen LogP contribution in [-0.2, 0) is 16.1 Å². The number of aliphatic hydroxyl groups excluding tert-OH is 1. The molecule has 3 aromatic rings. The maximum atomic E-state index is 13.0. The molecule has 1 N–H and O–H groups in total. The van der Waals surface area contributed by atoms with Crippen molar-refractivity contribution in [3.05, 3.63) is 93.7 Å². The number of benzene rings is 2. The molecule has 0 spiro atoms. The van der Waals surface area contributed by atoms with Gasteiger partial charge in [0.15, 0.2) is 0 Å². The van der Waals surface area contributed by atoms with Crippen molar-refractivity contribution in [2.24, 2.45) is 0 Å². The van der Waals surface area contributed by atoms with Crippen molar-refractivity contribution >= 4 is 28.8 Å². The van der Waals surface area contributed by atoms with Gasteiger partial charge in [0.05, 0.1) is 24.3 Å². The molecule has 1 saturated heterocycles. The third-order valence-corrected chi connectivity index (χ3v) is 5.92. The molecule has 0 bridgehead atoms. The molecule has 1 aromatic heterocycles. The molecule has 1 atom stereocenters. The minimum atomic E-state index is -0.676. The number of thiophene rings is 1. The van der Waals surface area contributed by atoms with E-state index in [1.165, 1.54) is 16.2 Å². The summed E-state index contributed by atoms with van der Waals surface area (Å²) in [6, 6.07) is 19.4. The number of ketones is 1. The first-order chi connectivity index (χ1) is 15.0. The van der Waals surface area contributed by atoms with Crippen molar-refractivity contribution in [1.29, 1.82) is 0 Å². The van der Waals surface area contributed by atoms with Crippen LogP contribution >= 0.6 is 11.3 Å². The summed E-state index contributed by atoms with van der Waals surface area (Å²) in [5.41, 5.74) is 1.34. The summed E-state index contributed by atoms with van der Waals surface area (Å²) in [4.78, 5) is 28.5. The van der Waals surface area contributed by atoms with E-state index in [1.54, 1.807) is 24.3 Å². The van der Waals surface area contributed by atoms with Crippen LogP contribution in [0.25, 0.3) is 5.76 Å². The molecule has 5 nitrogen and oxygen atoms in total. The largest absolute Gasteiger partial charge is 0.507 e. The van der Waals surface area contributed by atoms with E-state index in [4.69, 9.17) is 4.74 Å². The zero-order chi connectivity index (χ0) is 22.0. The highest BCUT2D eigenvalue weighted by Gasteiger charge is 2.46. The Morgan fingerprint density at radius 1 is 1.03 bits per heavy atom. The van der Waals surface area contributed by atoms with Gasteiger partial charge in [0.1, 0.15) is 11.5 Å². The summed E-state index contributed by atoms with van der Waals surface area (Å²) in [6.45, 7) is 4.17. The number of hydrogen-bond donors (Lipinski definition) is 1. The van der Waals surface area contributed by atoms with Gasteiger partial charge in [0.2, 0.25) is 0 Å². The van der Waals surface area contributed by atoms with Gasteiger partial charge in [-0.1, -0.05) is 36.4 Å². The smallest absolute Gasteiger partial charge is 0.295 e. The van der Waals surface area contributed by atoms with Gasteiger partial charge in [-0.3, -0.25) is 9.59 Å². The van der Waals surface area contributed by atoms with Crippen LogP contribution in [0.4, 0.5) is 0 Å². The highest BCUT2D eigenvalue weighted by atomic mass is 32.1. The number of hydrogen-bond acceptors (Lipinski definition) is 5. The summed E-state index contributed by atoms with van der Waals surface area (Å²) in [6.07, 6.45) is 0.0279. The standard InChI is InChI=1S/C25H23NO4S/c1-16(2)30-19-12-10-18(11-13-19)23(27)21-22(17-7-4-3-5-8-17)26(25(29)24(21)28)15-20-9-6-14-31-20/h3-14,16,22,27H,15H2,1-2H3/b23-21-. The average molecular weight is 434 g/mol. The van der Waals surface area contributed by atoms with E-state index in [-0.39, 0.29) is 17.4 Å². The molecule has 1 amide bonds. The quantitative estimate of drug-likeness (QED) is 0.331. The first-order valence-corrected chi connectivity index (χ1v) is 11.0. The number of nitrogens with zero attached hydrogens (tertiary/aromatic N) is 1. The molecule has 1 aliphatic heterocycles. The zero-order valence-electron chi connectivity index (χ0n) is 17.3. The van der Waals surface area contributed by atoms with Gasteiger partial charge in [0.25, 0.3) is 11.7 Å². The number of Topliss-reactive ketones (excluding diaryl/α,β-unsaturated/α-hetero) is 1. The Hall–Kier alpha value is -3.38. The minimum absolute atomic E-state index is 0.0279. The van der Waals surface area contributed by atoms with Gasteiger partial charge in [-0.2, -0.15) is 0 Å². The lowest BCUT2D eigenvalue weighted by Crippen LogP contribution is -2.28. The van der Waals surface area contributed by atoms with Crippen LogP contribution in [0, 0.1) is 0 Å². The van der Waals surface area contributed by atoms with Crippen LogP contribution in [0.15, 0.2) is 77.7 Å². The van der Waals surface area contributed by atoms with E-state index < -0.39 is 17.7 Å². The lowest BCUT2D eigenvalue weighted by Gasteiger charge is -2.24. The molecule has 0 aliphatic carbocycles. The summed E-state index contributed by atoms with van der Waals surface area (Å²) in [5.74, 6) is -0.796. The molecule has 0 radical (unpaired) electrons. The van der Waals surface area contributed by atoms with Crippen LogP contribution in [0.1, 0.15) is 35.9 Å². The molecule has 2 aromatic carbocycles. The van der Waals surface area contributed by atoms with E-state index in [1.807, 2.05) is 61.7 Å². The summed E-state index contributed by atoms with van der Waals surface area (Å²) >= 11 is 1.52. The normalized spacial score (nSPS) is 18.0. The monoisotopic (exact) mass is 433 g/mol. The molecular formula is C25H23NO4S. The number of carbonyl (C=O) groups is 2. The van der Waals surface area contributed by atoms with E-state index >= 15 is 0 Å². The number of carbonyl (C=O) groups excluding carboxylic acids is 2. The Balaban J connectivity index is 1.78. The molecule has 31 heavy (non-hydrogen) atoms. The fraction of sp³-hybridized carbons (Fsp3) is 0.200. The number of ether oxygens (including phenoxy) is 1. The summed E-state index contributed by atoms with van der Waals surface area (Å²) in [7, 11) is 0. The van der Waals surface area contributed by atoms with Gasteiger partial charge in [-0.05, 0) is 55.1 Å². The Labute approximate surface area is 185 Å². The number of aliphatic hydroxyl groups is 1. The molecule has 158 valence electrons. The Kier molecular flexibility index (Phi) is 5.91. The van der Waals surface area contributed by atoms with Crippen molar-refractivity contribution < 1.29 is 19.4 Å². The van der Waals surface area contributed by atoms with E-state index in [0.717, 1.165) is 10.4 Å². The van der Waals surface area contributed by atoms with Crippen LogP contribution < -0.4 is 4.74 Å². The second-order valence-corrected chi connectivity index (χ2v) is 8.64. The van der Waals surface area contributed by atoms with Gasteiger partial charge >= 0.3 is 0 Å². The lowest BCUT2D eigenvalue weighted by atomic mass is 9.95. The average Bonchev–Trinajstić information content (AvgIpc) is 3.36. The number of likely N-dealkylation sites (tertiary alicyclic amines) is 1. The van der Waals surface area contributed by atoms with Crippen LogP contribution in [0.5, 0.6) is 5.75 Å². The maximum absolute atomic E-state index is 13.0. The Bertz CT molecular complexity index is 1100. The Morgan fingerprint density at radius 3 is 2.35 bits per heavy atom. The van der Waals surface area contributed by atoms with Crippen molar-refractivity contribution in [2.45, 2.75) is 32.5 Å². The molecule has 1 aliphatic rings. The van der Waals surface area contributed by atoms with Crippen LogP contribution in [-0.4, -0.2) is 27.8 Å². The van der Waals surface area contributed by atoms with Crippen molar-refractivity contribution in [3.8, 4) is 5.75 Å². The lowest BCUT2D eigenvalue weighted by molar-refractivity contribution is -0.140. The van der Waals surface area contributed by atoms with E-state index in [2.05, 4.69) is 0 Å². The second kappa shape index (κ2) is 8.78. The topological polar surface area (TPSA) is 66.8 Å². The third kappa shape index (κ3) is 4.25. The van der Waals surface area contributed by atoms with Crippen molar-refractivity contribution in [1.82, 2.24) is 4.90 Å². The van der Waals surface area contributed by atoms with Crippen LogP contribution in [0.2, 0.25) is 0 Å². The summed E-state index contributed by atoms with van der Waals surface area (Å²) in [5, 5.41) is 13.0. The fourth-order valence-corrected chi connectivity index (χ4v) is 4.42. The SMILES string of the molecule is CC(C)Oc1ccc(/C(O)=C2/C(=O)C(=O)N(Cc3cccs3)C2c2ccccc2)cc1. The molecule has 2 heterocycles. The molecule has 6 heteroatoms. The molecular weight excluding hydrogens is 410 g/mol. The minimum Gasteiger partial charge on any atom is -0.507 e. The van der Waals surface area contributed by atoms with Gasteiger partial charge in [0, 0.05) is 10.4 Å². The van der Waals surface area contributed by atoms with Gasteiger partial charge in [-0.15, -0.1) is 11.3 Å². The molecule has 4 rings (SSSR count). The van der Waals surface area contributed by atoms with Crippen molar-refractivity contribution in [2.75, 3.05) is 0 Å². The number of amides is 1. The first-order valence-electron chi connectivity index (χ1n) is 10.1. The van der Waals surface area contributed by atoms with Gasteiger partial charge in [-0.25, -0.2) is 0 Å². The fourth-order valence-electron chi connectivity index (χ4n) is 3.71. The third-order valence-electron chi connectivity index (χ3n) is 5.06. The highest BCUT2D eigenvalue weighted by Crippen LogP contribution is 2.40. The Morgan fingerprint density at radius 2 is 1.74 bits per heavy atom. The summed E-state index contributed by atoms with van der Waals surface area (Å²) < 4.78 is 5.65. The van der Waals surface area contributed by atoms with E-state index in [9.17, 15) is 14.7 Å². The van der Waals surface area contributed by atoms with Crippen molar-refractivity contribution in [3.63, 3.8) is 0 Å². The molecule has 1 unspecified atom stereocenters. The second-order valence-electron chi connectivity index (χ2n) is 7.61. The predicted molar refractivity (Wildman–Crippen MR) is 121 cm³/mol. The highest BCUT2D eigenvalue weighted by molar-refractivity contribution is 7.09. The van der Waals surface area contributed by atoms with Gasteiger partial charge < -0.3 is 14.7 Å². The molecule has 1 fully saturated rings. The predicted octanol–water partition coefficient (Wildman–Crippen LogP) is 5.16. The maximum Gasteiger partial charge on any atom is 0.295 e. The first kappa shape index (κ1) is 20.9.